The fourth-order valence-electron chi connectivity index (χ4n) is 2.48. The zero-order chi connectivity index (χ0) is 17.7. The van der Waals surface area contributed by atoms with E-state index in [1.54, 1.807) is 0 Å². The number of carbonyl (C=O) groups is 2. The first-order chi connectivity index (χ1) is 11.3. The largest absolute Gasteiger partial charge is 0.355 e. The number of amides is 2. The van der Waals surface area contributed by atoms with Gasteiger partial charge in [-0.05, 0) is 23.3 Å². The van der Waals surface area contributed by atoms with E-state index >= 15 is 0 Å². The van der Waals surface area contributed by atoms with Gasteiger partial charge < -0.3 is 10.6 Å². The van der Waals surface area contributed by atoms with Gasteiger partial charge in [-0.15, -0.1) is 0 Å². The molecule has 1 atom stereocenters. The molecule has 0 aromatic heterocycles. The Morgan fingerprint density at radius 1 is 1.04 bits per heavy atom. The lowest BCUT2D eigenvalue weighted by atomic mass is 9.94. The van der Waals surface area contributed by atoms with E-state index in [1.807, 2.05) is 58.0 Å². The van der Waals surface area contributed by atoms with E-state index in [2.05, 4.69) is 22.8 Å². The Morgan fingerprint density at radius 2 is 1.71 bits per heavy atom. The Hall–Kier alpha value is -2.36. The highest BCUT2D eigenvalue weighted by molar-refractivity contribution is 5.90. The lowest BCUT2D eigenvalue weighted by molar-refractivity contribution is -0.133. The minimum atomic E-state index is -0.571. The van der Waals surface area contributed by atoms with Crippen LogP contribution in [-0.2, 0) is 16.0 Å². The summed E-state index contributed by atoms with van der Waals surface area (Å²) in [6.45, 7) is 7.93. The summed E-state index contributed by atoms with van der Waals surface area (Å²) in [4.78, 5) is 24.6. The number of carbonyl (C=O) groups excluding carboxylic acids is 2. The molecule has 0 spiro atoms. The van der Waals surface area contributed by atoms with Crippen LogP contribution >= 0.6 is 0 Å². The Labute approximate surface area is 143 Å². The van der Waals surface area contributed by atoms with Crippen molar-refractivity contribution in [1.29, 1.82) is 0 Å². The number of likely N-dealkylation sites (N-methyl/N-ethyl adjacent to an activating group) is 1. The third-order valence-corrected chi connectivity index (χ3v) is 3.91. The van der Waals surface area contributed by atoms with Crippen LogP contribution in [-0.4, -0.2) is 24.4 Å². The second-order valence-corrected chi connectivity index (χ2v) is 7.06. The fourth-order valence-corrected chi connectivity index (χ4v) is 2.48. The van der Waals surface area contributed by atoms with Crippen molar-refractivity contribution in [3.63, 3.8) is 0 Å². The maximum Gasteiger partial charge on any atom is 0.242 e. The molecule has 0 bridgehead atoms. The van der Waals surface area contributed by atoms with Crippen molar-refractivity contribution < 1.29 is 9.59 Å². The van der Waals surface area contributed by atoms with Crippen LogP contribution in [0, 0.1) is 5.41 Å². The molecule has 128 valence electrons. The summed E-state index contributed by atoms with van der Waals surface area (Å²) in [5.41, 5.74) is 0.493. The van der Waals surface area contributed by atoms with Gasteiger partial charge in [-0.1, -0.05) is 63.2 Å². The first-order valence-electron chi connectivity index (χ1n) is 8.37. The van der Waals surface area contributed by atoms with Crippen LogP contribution in [0.15, 0.2) is 42.5 Å². The molecule has 0 aliphatic heterocycles. The van der Waals surface area contributed by atoms with Crippen molar-refractivity contribution in [2.75, 3.05) is 6.54 Å². The van der Waals surface area contributed by atoms with Gasteiger partial charge in [0, 0.05) is 18.4 Å². The summed E-state index contributed by atoms with van der Waals surface area (Å²) < 4.78 is 0. The number of nitrogens with one attached hydrogen (secondary N) is 2. The van der Waals surface area contributed by atoms with Crippen LogP contribution in [0.5, 0.6) is 0 Å². The van der Waals surface area contributed by atoms with Gasteiger partial charge in [0.05, 0.1) is 0 Å². The number of benzene rings is 2. The minimum absolute atomic E-state index is 0.125. The number of rotatable bonds is 5. The maximum absolute atomic E-state index is 12.3. The van der Waals surface area contributed by atoms with Gasteiger partial charge in [-0.3, -0.25) is 9.59 Å². The van der Waals surface area contributed by atoms with Gasteiger partial charge in [-0.25, -0.2) is 0 Å². The summed E-state index contributed by atoms with van der Waals surface area (Å²) in [6, 6.07) is 13.7. The first kappa shape index (κ1) is 18.0. The topological polar surface area (TPSA) is 58.2 Å². The molecular formula is C20H26N2O2. The van der Waals surface area contributed by atoms with Gasteiger partial charge in [0.25, 0.3) is 0 Å². The molecule has 2 aromatic rings. The lowest BCUT2D eigenvalue weighted by Crippen LogP contribution is -2.50. The standard InChI is InChI=1S/C20H26N2O2/c1-5-21-18(23)17(22-19(24)20(2,3)4)13-14-10-11-15-8-6-7-9-16(15)12-14/h6-12,17H,5,13H2,1-4H3,(H,21,23)(H,22,24)/t17-/m0/s1. The minimum Gasteiger partial charge on any atom is -0.355 e. The zero-order valence-electron chi connectivity index (χ0n) is 14.8. The van der Waals surface area contributed by atoms with Crippen LogP contribution in [0.4, 0.5) is 0 Å². The molecule has 2 amide bonds. The molecule has 0 aliphatic rings. The van der Waals surface area contributed by atoms with E-state index in [0.717, 1.165) is 16.3 Å². The van der Waals surface area contributed by atoms with Gasteiger partial charge in [0.15, 0.2) is 0 Å². The summed E-state index contributed by atoms with van der Waals surface area (Å²) in [5.74, 6) is -0.275. The highest BCUT2D eigenvalue weighted by atomic mass is 16.2. The smallest absolute Gasteiger partial charge is 0.242 e. The fraction of sp³-hybridized carbons (Fsp3) is 0.400. The average Bonchev–Trinajstić information content (AvgIpc) is 2.53. The highest BCUT2D eigenvalue weighted by Crippen LogP contribution is 2.18. The molecule has 0 radical (unpaired) electrons. The second-order valence-electron chi connectivity index (χ2n) is 7.06. The quantitative estimate of drug-likeness (QED) is 0.887. The molecule has 4 heteroatoms. The molecule has 2 N–H and O–H groups in total. The molecule has 24 heavy (non-hydrogen) atoms. The molecule has 4 nitrogen and oxygen atoms in total. The van der Waals surface area contributed by atoms with Crippen molar-refractivity contribution in [1.82, 2.24) is 10.6 Å². The van der Waals surface area contributed by atoms with Crippen molar-refractivity contribution in [2.24, 2.45) is 5.41 Å². The van der Waals surface area contributed by atoms with Gasteiger partial charge >= 0.3 is 0 Å². The Balaban J connectivity index is 2.22. The highest BCUT2D eigenvalue weighted by Gasteiger charge is 2.27. The van der Waals surface area contributed by atoms with E-state index in [-0.39, 0.29) is 11.8 Å². The maximum atomic E-state index is 12.3. The molecule has 0 saturated carbocycles. The number of hydrogen-bond donors (Lipinski definition) is 2. The lowest BCUT2D eigenvalue weighted by Gasteiger charge is -2.24. The normalized spacial score (nSPS) is 12.7. The Bertz CT molecular complexity index is 732. The zero-order valence-corrected chi connectivity index (χ0v) is 14.8. The van der Waals surface area contributed by atoms with Crippen LogP contribution in [0.3, 0.4) is 0 Å². The summed E-state index contributed by atoms with van der Waals surface area (Å²) in [7, 11) is 0. The molecule has 0 saturated heterocycles. The predicted octanol–water partition coefficient (Wildman–Crippen LogP) is 3.05. The summed E-state index contributed by atoms with van der Waals surface area (Å²) in [5, 5.41) is 7.99. The van der Waals surface area contributed by atoms with Crippen molar-refractivity contribution in [2.45, 2.75) is 40.2 Å². The third kappa shape index (κ3) is 4.57. The van der Waals surface area contributed by atoms with Crippen molar-refractivity contribution >= 4 is 22.6 Å². The van der Waals surface area contributed by atoms with Crippen LogP contribution < -0.4 is 10.6 Å². The van der Waals surface area contributed by atoms with Crippen LogP contribution in [0.1, 0.15) is 33.3 Å². The Kier molecular flexibility index (Phi) is 5.60. The van der Waals surface area contributed by atoms with E-state index in [4.69, 9.17) is 0 Å². The molecule has 2 aromatic carbocycles. The molecule has 0 unspecified atom stereocenters. The monoisotopic (exact) mass is 326 g/mol. The molecule has 2 rings (SSSR count). The second kappa shape index (κ2) is 7.47. The number of hydrogen-bond acceptors (Lipinski definition) is 2. The van der Waals surface area contributed by atoms with Gasteiger partial charge in [0.2, 0.25) is 11.8 Å². The van der Waals surface area contributed by atoms with Gasteiger partial charge in [0.1, 0.15) is 6.04 Å². The van der Waals surface area contributed by atoms with Crippen LogP contribution in [0.2, 0.25) is 0 Å². The third-order valence-electron chi connectivity index (χ3n) is 3.91. The molecule has 0 aliphatic carbocycles. The SMILES string of the molecule is CCNC(=O)[C@H](Cc1ccc2ccccc2c1)NC(=O)C(C)(C)C. The summed E-state index contributed by atoms with van der Waals surface area (Å²) >= 11 is 0. The predicted molar refractivity (Wildman–Crippen MR) is 97.7 cm³/mol. The van der Waals surface area contributed by atoms with Crippen molar-refractivity contribution in [3.05, 3.63) is 48.0 Å². The molecular weight excluding hydrogens is 300 g/mol. The average molecular weight is 326 g/mol. The van der Waals surface area contributed by atoms with Crippen LogP contribution in [0.25, 0.3) is 10.8 Å². The molecule has 0 fully saturated rings. The van der Waals surface area contributed by atoms with Crippen molar-refractivity contribution in [3.8, 4) is 0 Å². The van der Waals surface area contributed by atoms with Gasteiger partial charge in [-0.2, -0.15) is 0 Å². The molecule has 0 heterocycles. The Morgan fingerprint density at radius 3 is 2.33 bits per heavy atom. The number of fused-ring (bicyclic) bond motifs is 1. The van der Waals surface area contributed by atoms with E-state index < -0.39 is 11.5 Å². The van der Waals surface area contributed by atoms with E-state index in [9.17, 15) is 9.59 Å². The van der Waals surface area contributed by atoms with E-state index in [1.165, 1.54) is 0 Å². The summed E-state index contributed by atoms with van der Waals surface area (Å²) in [6.07, 6.45) is 0.471. The first-order valence-corrected chi connectivity index (χ1v) is 8.37. The van der Waals surface area contributed by atoms with E-state index in [0.29, 0.717) is 13.0 Å².